The Morgan fingerprint density at radius 2 is 2.18 bits per heavy atom. The molecule has 1 amide bonds. The fourth-order valence-electron chi connectivity index (χ4n) is 1.80. The van der Waals surface area contributed by atoms with E-state index in [1.807, 2.05) is 6.07 Å². The monoisotopic (exact) mass is 341 g/mol. The standard InChI is InChI=1S/C15H16ClNO4S/c1-20-7-8-22(19)10-11-3-2-4-12(9-11)17-15(18)13-5-6-14(16)21-13/h2-6,9H,7-8,10H2,1H3,(H,17,18)/t22-/m0/s1. The number of benzene rings is 1. The van der Waals surface area contributed by atoms with Gasteiger partial charge >= 0.3 is 0 Å². The third-order valence-corrected chi connectivity index (χ3v) is 4.31. The minimum atomic E-state index is -0.998. The SMILES string of the molecule is COCC[S@](=O)Cc1cccc(NC(=O)c2ccc(Cl)o2)c1. The van der Waals surface area contributed by atoms with Crippen LogP contribution in [0.25, 0.3) is 0 Å². The van der Waals surface area contributed by atoms with Gasteiger partial charge in [-0.25, -0.2) is 0 Å². The lowest BCUT2D eigenvalue weighted by atomic mass is 10.2. The summed E-state index contributed by atoms with van der Waals surface area (Å²) in [5.74, 6) is 0.654. The molecule has 0 saturated heterocycles. The molecule has 1 atom stereocenters. The van der Waals surface area contributed by atoms with Gasteiger partial charge in [-0.2, -0.15) is 0 Å². The van der Waals surface area contributed by atoms with Crippen LogP contribution in [0.2, 0.25) is 5.22 Å². The molecule has 2 rings (SSSR count). The molecule has 1 aromatic heterocycles. The number of furan rings is 1. The number of ether oxygens (including phenoxy) is 1. The molecule has 0 spiro atoms. The van der Waals surface area contributed by atoms with Gasteiger partial charge in [0.1, 0.15) is 0 Å². The second kappa shape index (κ2) is 8.12. The molecule has 0 saturated carbocycles. The van der Waals surface area contributed by atoms with Gasteiger partial charge in [-0.05, 0) is 41.4 Å². The number of hydrogen-bond acceptors (Lipinski definition) is 4. The highest BCUT2D eigenvalue weighted by Gasteiger charge is 2.11. The molecule has 22 heavy (non-hydrogen) atoms. The topological polar surface area (TPSA) is 68.5 Å². The molecule has 2 aromatic rings. The summed E-state index contributed by atoms with van der Waals surface area (Å²) in [6.45, 7) is 0.461. The minimum absolute atomic E-state index is 0.138. The van der Waals surface area contributed by atoms with E-state index in [9.17, 15) is 9.00 Å². The number of anilines is 1. The number of amides is 1. The average molecular weight is 342 g/mol. The van der Waals surface area contributed by atoms with Crippen LogP contribution in [0.1, 0.15) is 16.1 Å². The van der Waals surface area contributed by atoms with Crippen LogP contribution in [0.5, 0.6) is 0 Å². The van der Waals surface area contributed by atoms with E-state index in [1.165, 1.54) is 12.1 Å². The highest BCUT2D eigenvalue weighted by atomic mass is 35.5. The fraction of sp³-hybridized carbons (Fsp3) is 0.267. The van der Waals surface area contributed by atoms with Crippen molar-refractivity contribution in [3.05, 3.63) is 52.9 Å². The number of halogens is 1. The van der Waals surface area contributed by atoms with Crippen LogP contribution in [-0.4, -0.2) is 29.6 Å². The van der Waals surface area contributed by atoms with Gasteiger partial charge in [-0.3, -0.25) is 9.00 Å². The van der Waals surface area contributed by atoms with Gasteiger partial charge in [-0.15, -0.1) is 0 Å². The molecule has 118 valence electrons. The molecule has 0 aliphatic rings. The number of carbonyl (C=O) groups is 1. The third-order valence-electron chi connectivity index (χ3n) is 2.82. The molecule has 0 fully saturated rings. The van der Waals surface area contributed by atoms with Crippen molar-refractivity contribution in [3.63, 3.8) is 0 Å². The van der Waals surface area contributed by atoms with E-state index in [-0.39, 0.29) is 16.9 Å². The Morgan fingerprint density at radius 3 is 2.86 bits per heavy atom. The first-order chi connectivity index (χ1) is 10.6. The lowest BCUT2D eigenvalue weighted by molar-refractivity contribution is 0.0997. The molecule has 0 unspecified atom stereocenters. The van der Waals surface area contributed by atoms with E-state index in [2.05, 4.69) is 5.32 Å². The molecule has 0 radical (unpaired) electrons. The second-order valence-electron chi connectivity index (χ2n) is 4.54. The quantitative estimate of drug-likeness (QED) is 0.840. The van der Waals surface area contributed by atoms with Crippen LogP contribution in [0, 0.1) is 0 Å². The molecule has 1 N–H and O–H groups in total. The van der Waals surface area contributed by atoms with Crippen molar-refractivity contribution in [1.82, 2.24) is 0 Å². The predicted octanol–water partition coefficient (Wildman–Crippen LogP) is 3.08. The Hall–Kier alpha value is -1.63. The zero-order valence-electron chi connectivity index (χ0n) is 12.0. The Balaban J connectivity index is 1.99. The predicted molar refractivity (Wildman–Crippen MR) is 86.7 cm³/mol. The van der Waals surface area contributed by atoms with Crippen molar-refractivity contribution in [2.75, 3.05) is 24.8 Å². The Morgan fingerprint density at radius 1 is 1.36 bits per heavy atom. The summed E-state index contributed by atoms with van der Waals surface area (Å²) in [7, 11) is 0.579. The maximum absolute atomic E-state index is 12.0. The van der Waals surface area contributed by atoms with E-state index in [4.69, 9.17) is 20.8 Å². The molecule has 1 heterocycles. The summed E-state index contributed by atoms with van der Waals surface area (Å²) in [6, 6.07) is 10.2. The van der Waals surface area contributed by atoms with Gasteiger partial charge in [0.15, 0.2) is 11.0 Å². The number of carbonyl (C=O) groups excluding carboxylic acids is 1. The largest absolute Gasteiger partial charge is 0.440 e. The maximum atomic E-state index is 12.0. The van der Waals surface area contributed by atoms with Gasteiger partial charge in [0, 0.05) is 35.1 Å². The Bertz CT molecular complexity index is 671. The molecule has 0 aliphatic carbocycles. The Kier molecular flexibility index (Phi) is 6.18. The second-order valence-corrected chi connectivity index (χ2v) is 6.49. The lowest BCUT2D eigenvalue weighted by Gasteiger charge is -2.06. The van der Waals surface area contributed by atoms with Crippen molar-refractivity contribution in [3.8, 4) is 0 Å². The minimum Gasteiger partial charge on any atom is -0.440 e. The molecule has 7 heteroatoms. The summed E-state index contributed by atoms with van der Waals surface area (Å²) in [4.78, 5) is 12.0. The van der Waals surface area contributed by atoms with Gasteiger partial charge in [0.25, 0.3) is 5.91 Å². The number of hydrogen-bond donors (Lipinski definition) is 1. The van der Waals surface area contributed by atoms with Crippen LogP contribution in [0.3, 0.4) is 0 Å². The molecule has 0 bridgehead atoms. The van der Waals surface area contributed by atoms with E-state index < -0.39 is 10.8 Å². The summed E-state index contributed by atoms with van der Waals surface area (Å²) < 4.78 is 21.8. The molecule has 5 nitrogen and oxygen atoms in total. The van der Waals surface area contributed by atoms with Crippen LogP contribution >= 0.6 is 11.6 Å². The van der Waals surface area contributed by atoms with Crippen molar-refractivity contribution in [2.24, 2.45) is 0 Å². The number of nitrogens with one attached hydrogen (secondary N) is 1. The van der Waals surface area contributed by atoms with Crippen LogP contribution < -0.4 is 5.32 Å². The summed E-state index contributed by atoms with van der Waals surface area (Å²) in [5.41, 5.74) is 1.49. The van der Waals surface area contributed by atoms with Crippen molar-refractivity contribution < 1.29 is 18.2 Å². The average Bonchev–Trinajstić information content (AvgIpc) is 2.92. The number of methoxy groups -OCH3 is 1. The first kappa shape index (κ1) is 16.7. The van der Waals surface area contributed by atoms with E-state index in [1.54, 1.807) is 25.3 Å². The normalized spacial score (nSPS) is 12.1. The molecule has 1 aromatic carbocycles. The summed E-state index contributed by atoms with van der Waals surface area (Å²) >= 11 is 5.64. The zero-order valence-corrected chi connectivity index (χ0v) is 13.6. The van der Waals surface area contributed by atoms with Gasteiger partial charge < -0.3 is 14.5 Å². The van der Waals surface area contributed by atoms with E-state index >= 15 is 0 Å². The highest BCUT2D eigenvalue weighted by Crippen LogP contribution is 2.17. The third kappa shape index (κ3) is 4.98. The first-order valence-corrected chi connectivity index (χ1v) is 8.44. The summed E-state index contributed by atoms with van der Waals surface area (Å²) in [5, 5.41) is 2.87. The van der Waals surface area contributed by atoms with Gasteiger partial charge in [-0.1, -0.05) is 12.1 Å². The molecular weight excluding hydrogens is 326 g/mol. The smallest absolute Gasteiger partial charge is 0.291 e. The van der Waals surface area contributed by atoms with Crippen molar-refractivity contribution in [1.29, 1.82) is 0 Å². The van der Waals surface area contributed by atoms with Crippen LogP contribution in [0.15, 0.2) is 40.8 Å². The molecular formula is C15H16ClNO4S. The van der Waals surface area contributed by atoms with Crippen molar-refractivity contribution >= 4 is 34.0 Å². The highest BCUT2D eigenvalue weighted by molar-refractivity contribution is 7.84. The maximum Gasteiger partial charge on any atom is 0.291 e. The first-order valence-electron chi connectivity index (χ1n) is 6.58. The molecule has 0 aliphatic heterocycles. The number of rotatable bonds is 7. The van der Waals surface area contributed by atoms with Gasteiger partial charge in [0.2, 0.25) is 0 Å². The lowest BCUT2D eigenvalue weighted by Crippen LogP contribution is -2.11. The van der Waals surface area contributed by atoms with Crippen molar-refractivity contribution in [2.45, 2.75) is 5.75 Å². The van der Waals surface area contributed by atoms with Crippen LogP contribution in [0.4, 0.5) is 5.69 Å². The van der Waals surface area contributed by atoms with Crippen LogP contribution in [-0.2, 0) is 21.3 Å². The van der Waals surface area contributed by atoms with Gasteiger partial charge in [0.05, 0.1) is 6.61 Å². The van der Waals surface area contributed by atoms with E-state index in [0.29, 0.717) is 23.8 Å². The summed E-state index contributed by atoms with van der Waals surface area (Å²) in [6.07, 6.45) is 0. The van der Waals surface area contributed by atoms with E-state index in [0.717, 1.165) is 5.56 Å². The fourth-order valence-corrected chi connectivity index (χ4v) is 3.00. The Labute approximate surface area is 136 Å². The zero-order chi connectivity index (χ0) is 15.9.